The number of amides is 1. The summed E-state index contributed by atoms with van der Waals surface area (Å²) in [5.41, 5.74) is -0.132. The van der Waals surface area contributed by atoms with Crippen LogP contribution in [0.15, 0.2) is 42.6 Å². The van der Waals surface area contributed by atoms with E-state index in [0.29, 0.717) is 29.9 Å². The smallest absolute Gasteiger partial charge is 0.442 e. The molecule has 29 heavy (non-hydrogen) atoms. The SMILES string of the molecule is O=C(OC1(C(=O)N2CCC2)CC1c1ccc(-c2ccc(F)cc2)nc1)C(F)(F)F. The van der Waals surface area contributed by atoms with E-state index in [1.165, 1.54) is 23.2 Å². The number of ether oxygens (including phenoxy) is 1. The highest BCUT2D eigenvalue weighted by molar-refractivity contribution is 5.94. The van der Waals surface area contributed by atoms with Gasteiger partial charge in [0.2, 0.25) is 0 Å². The van der Waals surface area contributed by atoms with Crippen LogP contribution in [0.4, 0.5) is 17.6 Å². The molecule has 0 radical (unpaired) electrons. The van der Waals surface area contributed by atoms with Crippen LogP contribution in [-0.2, 0) is 14.3 Å². The number of pyridine rings is 1. The van der Waals surface area contributed by atoms with E-state index < -0.39 is 29.6 Å². The quantitative estimate of drug-likeness (QED) is 0.575. The monoisotopic (exact) mass is 408 g/mol. The first-order valence-corrected chi connectivity index (χ1v) is 9.02. The molecule has 1 aliphatic heterocycles. The van der Waals surface area contributed by atoms with Crippen LogP contribution in [-0.4, -0.2) is 46.6 Å². The minimum Gasteiger partial charge on any atom is -0.442 e. The molecule has 2 atom stereocenters. The number of benzene rings is 1. The Morgan fingerprint density at radius 1 is 1.10 bits per heavy atom. The third-order valence-corrected chi connectivity index (χ3v) is 5.25. The molecule has 0 N–H and O–H groups in total. The molecule has 1 aromatic heterocycles. The van der Waals surface area contributed by atoms with Crippen LogP contribution in [0.5, 0.6) is 0 Å². The molecule has 152 valence electrons. The average molecular weight is 408 g/mol. The summed E-state index contributed by atoms with van der Waals surface area (Å²) in [5.74, 6) is -4.06. The number of rotatable bonds is 4. The fourth-order valence-corrected chi connectivity index (χ4v) is 3.44. The lowest BCUT2D eigenvalue weighted by Gasteiger charge is -2.34. The molecule has 1 aromatic carbocycles. The lowest BCUT2D eigenvalue weighted by Crippen LogP contribution is -2.51. The molecule has 2 fully saturated rings. The molecule has 1 amide bonds. The van der Waals surface area contributed by atoms with Crippen molar-refractivity contribution in [2.45, 2.75) is 30.5 Å². The van der Waals surface area contributed by atoms with Crippen molar-refractivity contribution >= 4 is 11.9 Å². The van der Waals surface area contributed by atoms with E-state index in [4.69, 9.17) is 4.74 Å². The Kier molecular flexibility index (Phi) is 4.55. The van der Waals surface area contributed by atoms with Gasteiger partial charge in [-0.25, -0.2) is 9.18 Å². The second kappa shape index (κ2) is 6.82. The molecule has 2 aliphatic rings. The van der Waals surface area contributed by atoms with Gasteiger partial charge in [-0.15, -0.1) is 0 Å². The Hall–Kier alpha value is -2.97. The second-order valence-corrected chi connectivity index (χ2v) is 7.16. The van der Waals surface area contributed by atoms with Gasteiger partial charge in [0.15, 0.2) is 5.60 Å². The second-order valence-electron chi connectivity index (χ2n) is 7.16. The standard InChI is InChI=1S/C20H16F4N2O3/c21-14-5-2-12(3-6-14)16-7-4-13(11-25-16)15-10-19(15,17(27)26-8-1-9-26)29-18(28)20(22,23)24/h2-7,11,15H,1,8-10H2. The van der Waals surface area contributed by atoms with Gasteiger partial charge in [-0.1, -0.05) is 6.07 Å². The van der Waals surface area contributed by atoms with Crippen LogP contribution in [0, 0.1) is 5.82 Å². The van der Waals surface area contributed by atoms with Crippen LogP contribution >= 0.6 is 0 Å². The van der Waals surface area contributed by atoms with E-state index in [0.717, 1.165) is 6.42 Å². The summed E-state index contributed by atoms with van der Waals surface area (Å²) in [5, 5.41) is 0. The first-order chi connectivity index (χ1) is 13.7. The molecule has 2 unspecified atom stereocenters. The number of alkyl halides is 3. The first-order valence-electron chi connectivity index (χ1n) is 9.02. The molecule has 0 bridgehead atoms. The highest BCUT2D eigenvalue weighted by Gasteiger charge is 2.67. The summed E-state index contributed by atoms with van der Waals surface area (Å²) in [6, 6.07) is 8.95. The van der Waals surface area contributed by atoms with Crippen LogP contribution in [0.2, 0.25) is 0 Å². The minimum atomic E-state index is -5.18. The molecule has 5 nitrogen and oxygen atoms in total. The molecule has 2 heterocycles. The predicted octanol–water partition coefficient (Wildman–Crippen LogP) is 3.45. The third kappa shape index (κ3) is 3.56. The summed E-state index contributed by atoms with van der Waals surface area (Å²) in [6.07, 6.45) is -3.01. The van der Waals surface area contributed by atoms with Crippen molar-refractivity contribution in [3.63, 3.8) is 0 Å². The Bertz CT molecular complexity index is 940. The van der Waals surface area contributed by atoms with Gasteiger partial charge < -0.3 is 9.64 Å². The van der Waals surface area contributed by atoms with Crippen molar-refractivity contribution in [1.82, 2.24) is 9.88 Å². The number of carbonyl (C=O) groups is 2. The number of carbonyl (C=O) groups excluding carboxylic acids is 2. The number of likely N-dealkylation sites (tertiary alicyclic amines) is 1. The fourth-order valence-electron chi connectivity index (χ4n) is 3.44. The van der Waals surface area contributed by atoms with E-state index in [2.05, 4.69) is 4.98 Å². The molecule has 2 aromatic rings. The van der Waals surface area contributed by atoms with E-state index in [9.17, 15) is 27.2 Å². The number of nitrogens with zero attached hydrogens (tertiary/aromatic N) is 2. The maximum absolute atomic E-state index is 13.1. The van der Waals surface area contributed by atoms with Crippen LogP contribution < -0.4 is 0 Å². The summed E-state index contributed by atoms with van der Waals surface area (Å²) in [6.45, 7) is 0.858. The van der Waals surface area contributed by atoms with Gasteiger partial charge in [-0.3, -0.25) is 9.78 Å². The molecule has 0 spiro atoms. The lowest BCUT2D eigenvalue weighted by molar-refractivity contribution is -0.209. The van der Waals surface area contributed by atoms with Crippen molar-refractivity contribution in [3.8, 4) is 11.3 Å². The summed E-state index contributed by atoms with van der Waals surface area (Å²) in [4.78, 5) is 29.8. The van der Waals surface area contributed by atoms with Crippen molar-refractivity contribution in [1.29, 1.82) is 0 Å². The van der Waals surface area contributed by atoms with E-state index in [1.807, 2.05) is 0 Å². The highest BCUT2D eigenvalue weighted by Crippen LogP contribution is 2.56. The number of hydrogen-bond acceptors (Lipinski definition) is 4. The molecule has 9 heteroatoms. The Labute approximate surface area is 163 Å². The maximum Gasteiger partial charge on any atom is 0.490 e. The molecule has 4 rings (SSSR count). The topological polar surface area (TPSA) is 59.5 Å². The average Bonchev–Trinajstić information content (AvgIpc) is 3.36. The summed E-state index contributed by atoms with van der Waals surface area (Å²) < 4.78 is 55.9. The van der Waals surface area contributed by atoms with Gasteiger partial charge in [0.05, 0.1) is 5.69 Å². The zero-order chi connectivity index (χ0) is 20.8. The van der Waals surface area contributed by atoms with Crippen LogP contribution in [0.3, 0.4) is 0 Å². The largest absolute Gasteiger partial charge is 0.490 e. The normalized spacial score (nSPS) is 23.3. The van der Waals surface area contributed by atoms with Crippen LogP contribution in [0.1, 0.15) is 24.3 Å². The summed E-state index contributed by atoms with van der Waals surface area (Å²) in [7, 11) is 0. The summed E-state index contributed by atoms with van der Waals surface area (Å²) >= 11 is 0. The Morgan fingerprint density at radius 2 is 1.79 bits per heavy atom. The molecule has 1 saturated carbocycles. The Balaban J connectivity index is 1.57. The number of halogens is 4. The van der Waals surface area contributed by atoms with Gasteiger partial charge in [0.25, 0.3) is 5.91 Å². The predicted molar refractivity (Wildman–Crippen MR) is 93.1 cm³/mol. The van der Waals surface area contributed by atoms with Gasteiger partial charge in [0.1, 0.15) is 5.82 Å². The number of esters is 1. The van der Waals surface area contributed by atoms with Gasteiger partial charge in [-0.2, -0.15) is 13.2 Å². The highest BCUT2D eigenvalue weighted by atomic mass is 19.4. The molecule has 1 saturated heterocycles. The van der Waals surface area contributed by atoms with Gasteiger partial charge >= 0.3 is 12.1 Å². The minimum absolute atomic E-state index is 0.0261. The maximum atomic E-state index is 13.1. The van der Waals surface area contributed by atoms with Crippen molar-refractivity contribution < 1.29 is 31.9 Å². The number of aromatic nitrogens is 1. The Morgan fingerprint density at radius 3 is 2.31 bits per heavy atom. The molecule has 1 aliphatic carbocycles. The molecular formula is C20H16F4N2O3. The van der Waals surface area contributed by atoms with E-state index >= 15 is 0 Å². The van der Waals surface area contributed by atoms with Gasteiger partial charge in [0, 0.05) is 37.2 Å². The fraction of sp³-hybridized carbons (Fsp3) is 0.350. The lowest BCUT2D eigenvalue weighted by atomic mass is 10.1. The first kappa shape index (κ1) is 19.4. The third-order valence-electron chi connectivity index (χ3n) is 5.25. The van der Waals surface area contributed by atoms with Crippen molar-refractivity contribution in [3.05, 3.63) is 54.0 Å². The van der Waals surface area contributed by atoms with E-state index in [-0.39, 0.29) is 12.2 Å². The van der Waals surface area contributed by atoms with Crippen LogP contribution in [0.25, 0.3) is 11.3 Å². The number of hydrogen-bond donors (Lipinski definition) is 0. The zero-order valence-electron chi connectivity index (χ0n) is 15.1. The van der Waals surface area contributed by atoms with Gasteiger partial charge in [-0.05, 0) is 42.3 Å². The zero-order valence-corrected chi connectivity index (χ0v) is 15.1. The van der Waals surface area contributed by atoms with Crippen molar-refractivity contribution in [2.75, 3.05) is 13.1 Å². The van der Waals surface area contributed by atoms with Crippen molar-refractivity contribution in [2.24, 2.45) is 0 Å². The van der Waals surface area contributed by atoms with E-state index in [1.54, 1.807) is 24.3 Å². The molecular weight excluding hydrogens is 392 g/mol.